The first-order chi connectivity index (χ1) is 33.2. The SMILES string of the molecule is CCCCC/C=C\C/C=C\CCCCCCCCCCCC(=O)OCC(COP(=O)(O)OCC(CO)OC(=O)CCCCCCCCCCC)OC(=O)CCCCCCC/C=C\CCCCCC. The summed E-state index contributed by atoms with van der Waals surface area (Å²) in [6, 6.07) is 0. The Balaban J connectivity index is 4.68. The van der Waals surface area contributed by atoms with Crippen molar-refractivity contribution in [3.63, 3.8) is 0 Å². The lowest BCUT2D eigenvalue weighted by Crippen LogP contribution is -2.30. The molecule has 11 nitrogen and oxygen atoms in total. The number of ether oxygens (including phenoxy) is 3. The van der Waals surface area contributed by atoms with Gasteiger partial charge in [0.15, 0.2) is 6.10 Å². The lowest BCUT2D eigenvalue weighted by Gasteiger charge is -2.21. The van der Waals surface area contributed by atoms with Crippen molar-refractivity contribution >= 4 is 25.7 Å². The van der Waals surface area contributed by atoms with Crippen molar-refractivity contribution < 1.29 is 52.2 Å². The Bertz CT molecular complexity index is 1280. The zero-order chi connectivity index (χ0) is 49.9. The highest BCUT2D eigenvalue weighted by atomic mass is 31.2. The van der Waals surface area contributed by atoms with Gasteiger partial charge in [0.05, 0.1) is 19.8 Å². The van der Waals surface area contributed by atoms with E-state index in [4.69, 9.17) is 23.3 Å². The topological polar surface area (TPSA) is 155 Å². The summed E-state index contributed by atoms with van der Waals surface area (Å²) in [4.78, 5) is 48.3. The standard InChI is InChI=1S/C56H103O11P/c1-4-7-10-13-16-19-21-23-24-25-26-27-28-30-31-34-36-39-42-45-54(58)63-49-53(67-56(60)47-44-41-38-35-32-29-22-20-17-14-11-8-5-2)51-65-68(61,62)64-50-52(48-57)66-55(59)46-43-40-37-33-18-15-12-9-6-3/h16,19-20,22-24,52-53,57H,4-15,17-18,21,25-51H2,1-3H3,(H,61,62)/b19-16-,22-20-,24-23-. The molecule has 0 rings (SSSR count). The van der Waals surface area contributed by atoms with E-state index in [0.29, 0.717) is 19.3 Å². The van der Waals surface area contributed by atoms with E-state index in [9.17, 15) is 28.9 Å². The molecule has 0 aromatic carbocycles. The fourth-order valence-corrected chi connectivity index (χ4v) is 8.52. The number of aliphatic hydroxyl groups excluding tert-OH is 1. The molecule has 0 amide bonds. The summed E-state index contributed by atoms with van der Waals surface area (Å²) in [6.07, 6.45) is 51.1. The second kappa shape index (κ2) is 51.1. The van der Waals surface area contributed by atoms with Crippen LogP contribution in [-0.2, 0) is 42.2 Å². The smallest absolute Gasteiger partial charge is 0.462 e. The molecule has 0 radical (unpaired) electrons. The first-order valence-electron chi connectivity index (χ1n) is 27.9. The molecule has 0 heterocycles. The van der Waals surface area contributed by atoms with Crippen molar-refractivity contribution in [2.45, 2.75) is 277 Å². The number of hydrogen-bond acceptors (Lipinski definition) is 10. The van der Waals surface area contributed by atoms with Crippen molar-refractivity contribution in [3.8, 4) is 0 Å². The second-order valence-corrected chi connectivity index (χ2v) is 20.2. The number of phosphoric acid groups is 1. The minimum absolute atomic E-state index is 0.159. The minimum atomic E-state index is -4.74. The third-order valence-corrected chi connectivity index (χ3v) is 13.0. The molecule has 0 fully saturated rings. The van der Waals surface area contributed by atoms with Gasteiger partial charge in [0.25, 0.3) is 0 Å². The predicted octanol–water partition coefficient (Wildman–Crippen LogP) is 16.0. The minimum Gasteiger partial charge on any atom is -0.462 e. The third kappa shape index (κ3) is 48.7. The third-order valence-electron chi connectivity index (χ3n) is 12.0. The summed E-state index contributed by atoms with van der Waals surface area (Å²) >= 11 is 0. The average Bonchev–Trinajstić information content (AvgIpc) is 3.32. The molecule has 2 N–H and O–H groups in total. The molecule has 0 spiro atoms. The van der Waals surface area contributed by atoms with Crippen LogP contribution in [-0.4, -0.2) is 66.5 Å². The number of aliphatic hydroxyl groups is 1. The number of phosphoric ester groups is 1. The zero-order valence-electron chi connectivity index (χ0n) is 43.8. The molecule has 0 aliphatic carbocycles. The summed E-state index contributed by atoms with van der Waals surface area (Å²) in [7, 11) is -4.74. The number of unbranched alkanes of at least 4 members (excludes halogenated alkanes) is 29. The normalized spacial score (nSPS) is 13.7. The Morgan fingerprint density at radius 1 is 0.412 bits per heavy atom. The van der Waals surface area contributed by atoms with Crippen LogP contribution in [0.25, 0.3) is 0 Å². The molecular weight excluding hydrogens is 880 g/mol. The van der Waals surface area contributed by atoms with Gasteiger partial charge in [0.2, 0.25) is 0 Å². The van der Waals surface area contributed by atoms with Crippen LogP contribution in [0.3, 0.4) is 0 Å². The van der Waals surface area contributed by atoms with Gasteiger partial charge >= 0.3 is 25.7 Å². The van der Waals surface area contributed by atoms with E-state index in [0.717, 1.165) is 89.9 Å². The number of allylic oxidation sites excluding steroid dienone is 6. The first kappa shape index (κ1) is 65.7. The van der Waals surface area contributed by atoms with Crippen LogP contribution < -0.4 is 0 Å². The Morgan fingerprint density at radius 2 is 0.721 bits per heavy atom. The highest BCUT2D eigenvalue weighted by Crippen LogP contribution is 2.43. The second-order valence-electron chi connectivity index (χ2n) is 18.7. The Hall–Kier alpha value is -2.30. The van der Waals surface area contributed by atoms with Gasteiger partial charge in [-0.2, -0.15) is 0 Å². The lowest BCUT2D eigenvalue weighted by molar-refractivity contribution is -0.161. The number of hydrogen-bond donors (Lipinski definition) is 2. The van der Waals surface area contributed by atoms with E-state index in [-0.39, 0.29) is 25.9 Å². The van der Waals surface area contributed by atoms with Gasteiger partial charge in [-0.15, -0.1) is 0 Å². The molecule has 0 bridgehead atoms. The maximum atomic E-state index is 12.8. The van der Waals surface area contributed by atoms with Crippen LogP contribution in [0.4, 0.5) is 0 Å². The molecule has 0 aliphatic rings. The highest BCUT2D eigenvalue weighted by Gasteiger charge is 2.28. The fraction of sp³-hybridized carbons (Fsp3) is 0.839. The van der Waals surface area contributed by atoms with Gasteiger partial charge < -0.3 is 24.2 Å². The van der Waals surface area contributed by atoms with Crippen molar-refractivity contribution in [1.82, 2.24) is 0 Å². The summed E-state index contributed by atoms with van der Waals surface area (Å²) < 4.78 is 39.4. The van der Waals surface area contributed by atoms with Crippen LogP contribution in [0.2, 0.25) is 0 Å². The molecule has 0 saturated heterocycles. The van der Waals surface area contributed by atoms with Gasteiger partial charge in [-0.3, -0.25) is 23.4 Å². The van der Waals surface area contributed by atoms with Gasteiger partial charge in [-0.25, -0.2) is 4.57 Å². The lowest BCUT2D eigenvalue weighted by atomic mass is 10.1. The van der Waals surface area contributed by atoms with Crippen LogP contribution in [0.1, 0.15) is 265 Å². The van der Waals surface area contributed by atoms with Gasteiger partial charge in [0, 0.05) is 19.3 Å². The number of rotatable bonds is 52. The number of esters is 3. The molecule has 12 heteroatoms. The summed E-state index contributed by atoms with van der Waals surface area (Å²) in [6.45, 7) is 4.58. The predicted molar refractivity (Wildman–Crippen MR) is 279 cm³/mol. The average molecular weight is 983 g/mol. The van der Waals surface area contributed by atoms with Gasteiger partial charge in [0.1, 0.15) is 12.7 Å². The van der Waals surface area contributed by atoms with E-state index < -0.39 is 57.8 Å². The van der Waals surface area contributed by atoms with E-state index in [1.165, 1.54) is 116 Å². The molecule has 68 heavy (non-hydrogen) atoms. The highest BCUT2D eigenvalue weighted by molar-refractivity contribution is 7.47. The van der Waals surface area contributed by atoms with Crippen molar-refractivity contribution in [2.75, 3.05) is 26.4 Å². The molecule has 3 atom stereocenters. The largest absolute Gasteiger partial charge is 0.472 e. The van der Waals surface area contributed by atoms with Crippen LogP contribution >= 0.6 is 7.82 Å². The fourth-order valence-electron chi connectivity index (χ4n) is 7.73. The van der Waals surface area contributed by atoms with Crippen LogP contribution in [0, 0.1) is 0 Å². The number of carbonyl (C=O) groups excluding carboxylic acids is 3. The van der Waals surface area contributed by atoms with Gasteiger partial charge in [-0.1, -0.05) is 205 Å². The van der Waals surface area contributed by atoms with E-state index >= 15 is 0 Å². The molecule has 0 aromatic rings. The molecule has 398 valence electrons. The Kier molecular flexibility index (Phi) is 49.3. The Labute approximate surface area is 416 Å². The van der Waals surface area contributed by atoms with E-state index in [2.05, 4.69) is 57.2 Å². The molecule has 0 saturated carbocycles. The van der Waals surface area contributed by atoms with E-state index in [1.54, 1.807) is 0 Å². The zero-order valence-corrected chi connectivity index (χ0v) is 44.7. The number of carbonyl (C=O) groups is 3. The molecular formula is C56H103O11P. The maximum Gasteiger partial charge on any atom is 0.472 e. The van der Waals surface area contributed by atoms with Crippen LogP contribution in [0.5, 0.6) is 0 Å². The first-order valence-corrected chi connectivity index (χ1v) is 29.4. The van der Waals surface area contributed by atoms with Crippen molar-refractivity contribution in [1.29, 1.82) is 0 Å². The maximum absolute atomic E-state index is 12.8. The van der Waals surface area contributed by atoms with Gasteiger partial charge in [-0.05, 0) is 77.0 Å². The molecule has 3 unspecified atom stereocenters. The van der Waals surface area contributed by atoms with Crippen LogP contribution in [0.15, 0.2) is 36.5 Å². The Morgan fingerprint density at radius 3 is 1.15 bits per heavy atom. The quantitative estimate of drug-likeness (QED) is 0.0197. The molecule has 0 aliphatic heterocycles. The van der Waals surface area contributed by atoms with Crippen molar-refractivity contribution in [3.05, 3.63) is 36.5 Å². The summed E-state index contributed by atoms with van der Waals surface area (Å²) in [5, 5.41) is 9.75. The van der Waals surface area contributed by atoms with E-state index in [1.807, 2.05) is 0 Å². The summed E-state index contributed by atoms with van der Waals surface area (Å²) in [5.74, 6) is -1.47. The monoisotopic (exact) mass is 983 g/mol. The van der Waals surface area contributed by atoms with Crippen molar-refractivity contribution in [2.24, 2.45) is 0 Å². The summed E-state index contributed by atoms with van der Waals surface area (Å²) in [5.41, 5.74) is 0. The molecule has 0 aromatic heterocycles.